The molecule has 0 saturated carbocycles. The van der Waals surface area contributed by atoms with Crippen LogP contribution in [-0.4, -0.2) is 9.13 Å². The van der Waals surface area contributed by atoms with Gasteiger partial charge in [-0.2, -0.15) is 10.5 Å². The van der Waals surface area contributed by atoms with Crippen molar-refractivity contribution in [1.29, 1.82) is 10.5 Å². The van der Waals surface area contributed by atoms with Gasteiger partial charge < -0.3 is 9.13 Å². The van der Waals surface area contributed by atoms with Gasteiger partial charge in [0.05, 0.1) is 22.5 Å². The summed E-state index contributed by atoms with van der Waals surface area (Å²) in [4.78, 5) is 0. The van der Waals surface area contributed by atoms with Gasteiger partial charge in [-0.3, -0.25) is 0 Å². The first-order chi connectivity index (χ1) is 18.5. The molecule has 0 N–H and O–H groups in total. The van der Waals surface area contributed by atoms with Crippen LogP contribution < -0.4 is 0 Å². The Balaban J connectivity index is 1.93. The van der Waals surface area contributed by atoms with Crippen LogP contribution in [0.15, 0.2) is 36.4 Å². The maximum atomic E-state index is 10.0. The molecule has 0 aliphatic heterocycles. The van der Waals surface area contributed by atoms with Crippen LogP contribution in [0.2, 0.25) is 0 Å². The zero-order valence-corrected chi connectivity index (χ0v) is 22.3. The van der Waals surface area contributed by atoms with Crippen LogP contribution in [0.25, 0.3) is 35.7 Å². The van der Waals surface area contributed by atoms with Crippen molar-refractivity contribution in [2.75, 3.05) is 0 Å². The van der Waals surface area contributed by atoms with E-state index >= 15 is 0 Å². The Morgan fingerprint density at radius 3 is 2.13 bits per heavy atom. The van der Waals surface area contributed by atoms with Crippen molar-refractivity contribution in [3.63, 3.8) is 0 Å². The molecular formula is C34H30N4. The molecule has 2 aliphatic rings. The van der Waals surface area contributed by atoms with Crippen molar-refractivity contribution in [3.8, 4) is 35.9 Å². The fourth-order valence-corrected chi connectivity index (χ4v) is 5.75. The Hall–Kier alpha value is -4.72. The Morgan fingerprint density at radius 2 is 1.55 bits per heavy atom. The highest BCUT2D eigenvalue weighted by Crippen LogP contribution is 2.40. The number of rotatable bonds is 5. The Morgan fingerprint density at radius 1 is 0.947 bits per heavy atom. The summed E-state index contributed by atoms with van der Waals surface area (Å²) in [5.74, 6) is 2.94. The maximum Gasteiger partial charge on any atom is 0.101 e. The highest BCUT2D eigenvalue weighted by atomic mass is 15.1. The number of terminal acetylenes is 1. The molecule has 38 heavy (non-hydrogen) atoms. The molecule has 0 spiro atoms. The van der Waals surface area contributed by atoms with Gasteiger partial charge in [0.2, 0.25) is 0 Å². The van der Waals surface area contributed by atoms with Crippen molar-refractivity contribution in [1.82, 2.24) is 9.13 Å². The van der Waals surface area contributed by atoms with E-state index in [-0.39, 0.29) is 5.92 Å². The van der Waals surface area contributed by atoms with E-state index in [0.717, 1.165) is 53.4 Å². The molecule has 0 saturated heterocycles. The van der Waals surface area contributed by atoms with Crippen LogP contribution in [-0.2, 0) is 12.8 Å². The van der Waals surface area contributed by atoms with Crippen molar-refractivity contribution >= 4 is 24.3 Å². The summed E-state index contributed by atoms with van der Waals surface area (Å²) in [5, 5.41) is 20.0. The Labute approximate surface area is 225 Å². The molecule has 0 fully saturated rings. The smallest absolute Gasteiger partial charge is 0.101 e. The molecule has 2 heterocycles. The second-order valence-corrected chi connectivity index (χ2v) is 9.78. The molecule has 4 nitrogen and oxygen atoms in total. The van der Waals surface area contributed by atoms with E-state index in [1.165, 1.54) is 22.3 Å². The third-order valence-corrected chi connectivity index (χ3v) is 7.65. The quantitative estimate of drug-likeness (QED) is 0.345. The minimum atomic E-state index is 0.0527. The van der Waals surface area contributed by atoms with Gasteiger partial charge in [-0.05, 0) is 98.7 Å². The SMILES string of the molecule is C#CC1C=Cc2c(c(C)c(/C=C\C)n2-c2cc(C#N)c(C#N)cc2-n2c3c(c(C)c2/C=C\CC)CC=C3)C1. The van der Waals surface area contributed by atoms with Crippen LogP contribution in [0, 0.1) is 54.8 Å². The summed E-state index contributed by atoms with van der Waals surface area (Å²) in [6.07, 6.45) is 25.4. The van der Waals surface area contributed by atoms with Gasteiger partial charge in [-0.25, -0.2) is 0 Å². The summed E-state index contributed by atoms with van der Waals surface area (Å²) >= 11 is 0. The normalized spacial score (nSPS) is 15.6. The molecular weight excluding hydrogens is 464 g/mol. The largest absolute Gasteiger partial charge is 0.308 e. The van der Waals surface area contributed by atoms with E-state index in [0.29, 0.717) is 11.1 Å². The molecule has 1 atom stereocenters. The fourth-order valence-electron chi connectivity index (χ4n) is 5.75. The lowest BCUT2D eigenvalue weighted by Crippen LogP contribution is -2.11. The summed E-state index contributed by atoms with van der Waals surface area (Å²) in [5.41, 5.74) is 11.8. The molecule has 5 rings (SSSR count). The lowest BCUT2D eigenvalue weighted by Gasteiger charge is -2.21. The highest BCUT2D eigenvalue weighted by Gasteiger charge is 2.28. The fraction of sp³-hybridized carbons (Fsp3) is 0.235. The molecule has 1 aromatic carbocycles. The lowest BCUT2D eigenvalue weighted by atomic mass is 9.92. The summed E-state index contributed by atoms with van der Waals surface area (Å²) in [6, 6.07) is 8.27. The summed E-state index contributed by atoms with van der Waals surface area (Å²) < 4.78 is 4.49. The monoisotopic (exact) mass is 494 g/mol. The maximum absolute atomic E-state index is 10.0. The second-order valence-electron chi connectivity index (χ2n) is 9.78. The van der Waals surface area contributed by atoms with Gasteiger partial charge in [0.15, 0.2) is 0 Å². The number of nitriles is 2. The number of fused-ring (bicyclic) bond motifs is 2. The predicted octanol–water partition coefficient (Wildman–Crippen LogP) is 7.47. The standard InChI is InChI=1S/C34H30N4/c1-6-9-13-30-22(4)27-12-10-14-31(27)38(30)34-19-26(21-36)25(20-35)18-33(34)37-29(11-7-2)23(5)28-17-24(8-3)15-16-32(28)37/h3,7,9-11,13-16,18-19,24H,6,12,17H2,1-2,4-5H3/b11-7-,13-9-. The number of aromatic nitrogens is 2. The first-order valence-electron chi connectivity index (χ1n) is 13.1. The first kappa shape index (κ1) is 25.0. The van der Waals surface area contributed by atoms with Crippen LogP contribution in [0.5, 0.6) is 0 Å². The average Bonchev–Trinajstić information content (AvgIpc) is 3.60. The Kier molecular flexibility index (Phi) is 6.55. The van der Waals surface area contributed by atoms with Crippen molar-refractivity contribution in [2.45, 2.75) is 47.0 Å². The van der Waals surface area contributed by atoms with E-state index in [1.807, 2.05) is 25.1 Å². The molecule has 3 aromatic rings. The van der Waals surface area contributed by atoms with E-state index in [1.54, 1.807) is 0 Å². The van der Waals surface area contributed by atoms with Gasteiger partial charge >= 0.3 is 0 Å². The molecule has 2 aromatic heterocycles. The minimum absolute atomic E-state index is 0.0527. The van der Waals surface area contributed by atoms with Crippen LogP contribution in [0.3, 0.4) is 0 Å². The van der Waals surface area contributed by atoms with Crippen LogP contribution in [0.4, 0.5) is 0 Å². The molecule has 0 radical (unpaired) electrons. The predicted molar refractivity (Wildman–Crippen MR) is 156 cm³/mol. The van der Waals surface area contributed by atoms with Gasteiger partial charge in [0.1, 0.15) is 12.1 Å². The van der Waals surface area contributed by atoms with E-state index in [4.69, 9.17) is 6.42 Å². The number of allylic oxidation sites excluding steroid dienone is 4. The van der Waals surface area contributed by atoms with E-state index in [2.05, 4.69) is 90.5 Å². The number of nitrogens with zero attached hydrogens (tertiary/aromatic N) is 4. The number of hydrogen-bond donors (Lipinski definition) is 0. The summed E-state index contributed by atoms with van der Waals surface area (Å²) in [7, 11) is 0. The molecule has 186 valence electrons. The van der Waals surface area contributed by atoms with Gasteiger partial charge in [0, 0.05) is 28.7 Å². The first-order valence-corrected chi connectivity index (χ1v) is 13.1. The Bertz CT molecular complexity index is 1710. The number of benzene rings is 1. The topological polar surface area (TPSA) is 57.4 Å². The van der Waals surface area contributed by atoms with E-state index in [9.17, 15) is 10.5 Å². The lowest BCUT2D eigenvalue weighted by molar-refractivity contribution is 0.814. The summed E-state index contributed by atoms with van der Waals surface area (Å²) in [6.45, 7) is 8.45. The third kappa shape index (κ3) is 3.76. The zero-order valence-electron chi connectivity index (χ0n) is 22.3. The van der Waals surface area contributed by atoms with E-state index < -0.39 is 0 Å². The third-order valence-electron chi connectivity index (χ3n) is 7.65. The van der Waals surface area contributed by atoms with Crippen LogP contribution >= 0.6 is 0 Å². The number of hydrogen-bond acceptors (Lipinski definition) is 2. The minimum Gasteiger partial charge on any atom is -0.308 e. The van der Waals surface area contributed by atoms with Crippen molar-refractivity contribution in [2.24, 2.45) is 5.92 Å². The van der Waals surface area contributed by atoms with Gasteiger partial charge in [0.25, 0.3) is 0 Å². The molecule has 1 unspecified atom stereocenters. The van der Waals surface area contributed by atoms with Gasteiger partial charge in [-0.15, -0.1) is 6.42 Å². The average molecular weight is 495 g/mol. The molecule has 2 aliphatic carbocycles. The molecule has 0 bridgehead atoms. The second kappa shape index (κ2) is 9.97. The van der Waals surface area contributed by atoms with Crippen molar-refractivity contribution < 1.29 is 0 Å². The van der Waals surface area contributed by atoms with Crippen molar-refractivity contribution in [3.05, 3.63) is 92.6 Å². The van der Waals surface area contributed by atoms with Gasteiger partial charge in [-0.1, -0.05) is 37.1 Å². The highest BCUT2D eigenvalue weighted by molar-refractivity contribution is 5.77. The zero-order chi connectivity index (χ0) is 27.0. The van der Waals surface area contributed by atoms with Crippen LogP contribution in [0.1, 0.15) is 76.4 Å². The molecule has 4 heteroatoms. The molecule has 0 amide bonds.